The topological polar surface area (TPSA) is 87.0 Å². The van der Waals surface area contributed by atoms with Crippen molar-refractivity contribution in [3.8, 4) is 17.2 Å². The van der Waals surface area contributed by atoms with Gasteiger partial charge in [0.15, 0.2) is 11.5 Å². The fraction of sp³-hybridized carbons (Fsp3) is 0.389. The molecule has 0 aliphatic rings. The minimum atomic E-state index is -0.351. The summed E-state index contributed by atoms with van der Waals surface area (Å²) >= 11 is 1.46. The summed E-state index contributed by atoms with van der Waals surface area (Å²) in [5.74, 6) is 1.32. The molecule has 0 spiro atoms. The van der Waals surface area contributed by atoms with Crippen molar-refractivity contribution in [3.63, 3.8) is 0 Å². The highest BCUT2D eigenvalue weighted by Crippen LogP contribution is 2.39. The molecule has 0 bridgehead atoms. The van der Waals surface area contributed by atoms with Gasteiger partial charge in [-0.3, -0.25) is 10.1 Å². The number of nitrogens with zero attached hydrogens (tertiary/aromatic N) is 3. The number of hydrogen-bond donors (Lipinski definition) is 1. The molecular formula is C18H22N4O4S. The molecule has 0 radical (unpaired) electrons. The molecular weight excluding hydrogens is 368 g/mol. The number of carbonyl (C=O) groups excluding carboxylic acids is 1. The molecule has 0 atom stereocenters. The molecule has 1 amide bonds. The zero-order chi connectivity index (χ0) is 19.4. The molecule has 0 saturated carbocycles. The molecule has 0 saturated heterocycles. The number of ether oxygens (including phenoxy) is 3. The Morgan fingerprint density at radius 2 is 1.74 bits per heavy atom. The third-order valence-electron chi connectivity index (χ3n) is 3.64. The Bertz CT molecular complexity index is 923. The fourth-order valence-electron chi connectivity index (χ4n) is 2.54. The van der Waals surface area contributed by atoms with Gasteiger partial charge in [0.2, 0.25) is 10.7 Å². The molecule has 8 nitrogen and oxygen atoms in total. The Balaban J connectivity index is 1.92. The van der Waals surface area contributed by atoms with Crippen molar-refractivity contribution in [3.05, 3.63) is 28.8 Å². The average molecular weight is 390 g/mol. The Hall–Kier alpha value is -2.81. The van der Waals surface area contributed by atoms with Gasteiger partial charge in [0.05, 0.1) is 25.5 Å². The number of rotatable bonds is 8. The quantitative estimate of drug-likeness (QED) is 0.633. The standard InChI is InChI=1S/C18H22N4O4S/c1-5-24-13-8-12(9-14(25-6-2)15(13)26-7-3)16(23)19-17-20-18-22(21-17)11(4)10-27-18/h8-10H,5-7H2,1-4H3,(H,19,21,23). The Labute approximate surface area is 161 Å². The predicted molar refractivity (Wildman–Crippen MR) is 104 cm³/mol. The lowest BCUT2D eigenvalue weighted by molar-refractivity contribution is 0.102. The normalized spacial score (nSPS) is 10.8. The van der Waals surface area contributed by atoms with E-state index in [-0.39, 0.29) is 11.9 Å². The number of thiazole rings is 1. The number of carbonyl (C=O) groups is 1. The Morgan fingerprint density at radius 3 is 2.30 bits per heavy atom. The van der Waals surface area contributed by atoms with Crippen LogP contribution in [-0.2, 0) is 0 Å². The van der Waals surface area contributed by atoms with Crippen LogP contribution in [0.1, 0.15) is 36.8 Å². The highest BCUT2D eigenvalue weighted by atomic mass is 32.1. The summed E-state index contributed by atoms with van der Waals surface area (Å²) in [7, 11) is 0. The van der Waals surface area contributed by atoms with E-state index >= 15 is 0 Å². The number of benzene rings is 1. The van der Waals surface area contributed by atoms with Crippen LogP contribution >= 0.6 is 11.3 Å². The first kappa shape index (κ1) is 19.0. The number of anilines is 1. The van der Waals surface area contributed by atoms with Crippen molar-refractivity contribution >= 4 is 28.2 Å². The van der Waals surface area contributed by atoms with Gasteiger partial charge in [0.1, 0.15) is 0 Å². The van der Waals surface area contributed by atoms with Crippen LogP contribution in [-0.4, -0.2) is 40.3 Å². The Kier molecular flexibility index (Phi) is 5.80. The van der Waals surface area contributed by atoms with Crippen LogP contribution in [0, 0.1) is 6.92 Å². The summed E-state index contributed by atoms with van der Waals surface area (Å²) < 4.78 is 18.7. The summed E-state index contributed by atoms with van der Waals surface area (Å²) in [6, 6.07) is 3.27. The van der Waals surface area contributed by atoms with E-state index in [0.717, 1.165) is 10.7 Å². The molecule has 0 aliphatic heterocycles. The van der Waals surface area contributed by atoms with Crippen LogP contribution in [0.5, 0.6) is 17.2 Å². The number of aryl methyl sites for hydroxylation is 1. The molecule has 0 fully saturated rings. The van der Waals surface area contributed by atoms with Gasteiger partial charge in [-0.15, -0.1) is 16.4 Å². The van der Waals surface area contributed by atoms with Gasteiger partial charge >= 0.3 is 0 Å². The highest BCUT2D eigenvalue weighted by Gasteiger charge is 2.19. The SMILES string of the molecule is CCOc1cc(C(=O)Nc2nc3scc(C)n3n2)cc(OCC)c1OCC. The van der Waals surface area contributed by atoms with Crippen molar-refractivity contribution in [1.82, 2.24) is 14.6 Å². The first-order valence-electron chi connectivity index (χ1n) is 8.76. The number of amides is 1. The third-order valence-corrected chi connectivity index (χ3v) is 4.58. The van der Waals surface area contributed by atoms with Gasteiger partial charge in [0, 0.05) is 10.9 Å². The van der Waals surface area contributed by atoms with Gasteiger partial charge in [-0.25, -0.2) is 4.52 Å². The van der Waals surface area contributed by atoms with Crippen LogP contribution in [0.4, 0.5) is 5.95 Å². The average Bonchev–Trinajstić information content (AvgIpc) is 3.19. The maximum Gasteiger partial charge on any atom is 0.258 e. The molecule has 2 aromatic heterocycles. The second-order valence-electron chi connectivity index (χ2n) is 5.56. The van der Waals surface area contributed by atoms with Crippen LogP contribution < -0.4 is 19.5 Å². The predicted octanol–water partition coefficient (Wildman–Crippen LogP) is 3.55. The molecule has 2 heterocycles. The molecule has 3 aromatic rings. The van der Waals surface area contributed by atoms with Crippen molar-refractivity contribution < 1.29 is 19.0 Å². The van der Waals surface area contributed by atoms with Gasteiger partial charge < -0.3 is 14.2 Å². The monoisotopic (exact) mass is 390 g/mol. The number of nitrogens with one attached hydrogen (secondary N) is 1. The third kappa shape index (κ3) is 3.97. The van der Waals surface area contributed by atoms with Crippen LogP contribution in [0.3, 0.4) is 0 Å². The lowest BCUT2D eigenvalue weighted by Gasteiger charge is -2.16. The maximum absolute atomic E-state index is 12.7. The van der Waals surface area contributed by atoms with E-state index in [0.29, 0.717) is 42.6 Å². The van der Waals surface area contributed by atoms with Gasteiger partial charge in [0.25, 0.3) is 11.9 Å². The van der Waals surface area contributed by atoms with Crippen molar-refractivity contribution in [2.24, 2.45) is 0 Å². The lowest BCUT2D eigenvalue weighted by atomic mass is 10.1. The van der Waals surface area contributed by atoms with Crippen molar-refractivity contribution in [1.29, 1.82) is 0 Å². The van der Waals surface area contributed by atoms with Crippen LogP contribution in [0.2, 0.25) is 0 Å². The first-order chi connectivity index (χ1) is 13.1. The smallest absolute Gasteiger partial charge is 0.258 e. The fourth-order valence-corrected chi connectivity index (χ4v) is 3.34. The van der Waals surface area contributed by atoms with E-state index in [4.69, 9.17) is 14.2 Å². The molecule has 3 rings (SSSR count). The highest BCUT2D eigenvalue weighted by molar-refractivity contribution is 7.15. The zero-order valence-electron chi connectivity index (χ0n) is 15.7. The van der Waals surface area contributed by atoms with E-state index < -0.39 is 0 Å². The summed E-state index contributed by atoms with van der Waals surface area (Å²) in [4.78, 5) is 17.8. The van der Waals surface area contributed by atoms with E-state index in [2.05, 4.69) is 15.4 Å². The number of aromatic nitrogens is 3. The van der Waals surface area contributed by atoms with Gasteiger partial charge in [-0.1, -0.05) is 0 Å². The minimum Gasteiger partial charge on any atom is -0.490 e. The van der Waals surface area contributed by atoms with E-state index in [9.17, 15) is 4.79 Å². The molecule has 1 aromatic carbocycles. The second-order valence-corrected chi connectivity index (χ2v) is 6.40. The van der Waals surface area contributed by atoms with Crippen molar-refractivity contribution in [2.45, 2.75) is 27.7 Å². The van der Waals surface area contributed by atoms with Gasteiger partial charge in [-0.05, 0) is 39.8 Å². The maximum atomic E-state index is 12.7. The lowest BCUT2D eigenvalue weighted by Crippen LogP contribution is -2.14. The van der Waals surface area contributed by atoms with E-state index in [1.54, 1.807) is 16.6 Å². The minimum absolute atomic E-state index is 0.250. The second kappa shape index (κ2) is 8.26. The van der Waals surface area contributed by atoms with Crippen LogP contribution in [0.15, 0.2) is 17.5 Å². The number of hydrogen-bond acceptors (Lipinski definition) is 7. The summed E-state index contributed by atoms with van der Waals surface area (Å²) in [5.41, 5.74) is 1.33. The summed E-state index contributed by atoms with van der Waals surface area (Å²) in [6.07, 6.45) is 0. The molecule has 9 heteroatoms. The Morgan fingerprint density at radius 1 is 1.11 bits per heavy atom. The molecule has 0 aliphatic carbocycles. The van der Waals surface area contributed by atoms with Crippen LogP contribution in [0.25, 0.3) is 4.96 Å². The largest absolute Gasteiger partial charge is 0.490 e. The van der Waals surface area contributed by atoms with E-state index in [1.165, 1.54) is 11.3 Å². The molecule has 144 valence electrons. The van der Waals surface area contributed by atoms with Crippen molar-refractivity contribution in [2.75, 3.05) is 25.1 Å². The summed E-state index contributed by atoms with van der Waals surface area (Å²) in [6.45, 7) is 8.88. The summed E-state index contributed by atoms with van der Waals surface area (Å²) in [5, 5.41) is 8.98. The van der Waals surface area contributed by atoms with E-state index in [1.807, 2.05) is 33.1 Å². The molecule has 1 N–H and O–H groups in total. The molecule has 27 heavy (non-hydrogen) atoms. The zero-order valence-corrected chi connectivity index (χ0v) is 16.6. The first-order valence-corrected chi connectivity index (χ1v) is 9.63. The molecule has 0 unspecified atom stereocenters. The van der Waals surface area contributed by atoms with Gasteiger partial charge in [-0.2, -0.15) is 4.98 Å². The number of fused-ring (bicyclic) bond motifs is 1.